The van der Waals surface area contributed by atoms with Crippen LogP contribution in [0.2, 0.25) is 0 Å². The lowest BCUT2D eigenvalue weighted by Crippen LogP contribution is -2.27. The number of alkyl halides is 1. The third-order valence-corrected chi connectivity index (χ3v) is 6.00. The molecule has 0 N–H and O–H groups in total. The maximum absolute atomic E-state index is 12.3. The predicted octanol–water partition coefficient (Wildman–Crippen LogP) is 4.70. The highest BCUT2D eigenvalue weighted by Crippen LogP contribution is 2.17. The minimum atomic E-state index is -0.957. The second-order valence-electron chi connectivity index (χ2n) is 7.25. The molecular weight excluding hydrogens is 452 g/mol. The van der Waals surface area contributed by atoms with E-state index in [-0.39, 0.29) is 12.6 Å². The topological polar surface area (TPSA) is 52.6 Å². The Bertz CT molecular complexity index is 770. The normalized spacial score (nSPS) is 12.5. The predicted molar refractivity (Wildman–Crippen MR) is 121 cm³/mol. The smallest absolute Gasteiger partial charge is 0.322 e. The number of aryl methyl sites for hydroxylation is 2. The van der Waals surface area contributed by atoms with Crippen molar-refractivity contribution in [2.24, 2.45) is 0 Å². The summed E-state index contributed by atoms with van der Waals surface area (Å²) in [5, 5.41) is 0. The van der Waals surface area contributed by atoms with E-state index in [1.807, 2.05) is 30.3 Å². The van der Waals surface area contributed by atoms with Crippen molar-refractivity contribution in [3.05, 3.63) is 65.7 Å². The lowest BCUT2D eigenvalue weighted by atomic mass is 10.1. The summed E-state index contributed by atoms with van der Waals surface area (Å²) in [4.78, 5) is 12.5. The Morgan fingerprint density at radius 1 is 0.931 bits per heavy atom. The molecule has 0 saturated heterocycles. The molecule has 0 aliphatic carbocycles. The summed E-state index contributed by atoms with van der Waals surface area (Å²) in [6.07, 6.45) is 2.65. The molecular formula is C23H29BrO4S. The molecule has 1 atom stereocenters. The SMILES string of the molecule is CC(C)(Br)C(=O)OCCOCCCc1ccc(CCS(=O)c2ccccc2)cc1. The minimum Gasteiger partial charge on any atom is -0.462 e. The number of carbonyl (C=O) groups is 1. The van der Waals surface area contributed by atoms with E-state index in [0.717, 1.165) is 24.2 Å². The minimum absolute atomic E-state index is 0.271. The van der Waals surface area contributed by atoms with Crippen LogP contribution in [-0.4, -0.2) is 40.1 Å². The first kappa shape index (κ1) is 23.8. The van der Waals surface area contributed by atoms with E-state index in [4.69, 9.17) is 9.47 Å². The van der Waals surface area contributed by atoms with Crippen molar-refractivity contribution in [3.8, 4) is 0 Å². The fourth-order valence-corrected chi connectivity index (χ4v) is 3.85. The van der Waals surface area contributed by atoms with Gasteiger partial charge in [0.15, 0.2) is 0 Å². The highest BCUT2D eigenvalue weighted by Gasteiger charge is 2.25. The van der Waals surface area contributed by atoms with Crippen LogP contribution >= 0.6 is 15.9 Å². The van der Waals surface area contributed by atoms with Crippen LogP contribution < -0.4 is 0 Å². The zero-order valence-electron chi connectivity index (χ0n) is 17.1. The Morgan fingerprint density at radius 2 is 1.55 bits per heavy atom. The van der Waals surface area contributed by atoms with E-state index in [1.54, 1.807) is 13.8 Å². The lowest BCUT2D eigenvalue weighted by Gasteiger charge is -2.14. The second kappa shape index (κ2) is 12.3. The Labute approximate surface area is 184 Å². The number of esters is 1. The highest BCUT2D eigenvalue weighted by atomic mass is 79.9. The maximum atomic E-state index is 12.3. The van der Waals surface area contributed by atoms with E-state index in [2.05, 4.69) is 40.2 Å². The number of rotatable bonds is 12. The van der Waals surface area contributed by atoms with Crippen molar-refractivity contribution in [1.82, 2.24) is 0 Å². The van der Waals surface area contributed by atoms with Crippen LogP contribution in [0.25, 0.3) is 0 Å². The Morgan fingerprint density at radius 3 is 2.17 bits per heavy atom. The Kier molecular flexibility index (Phi) is 10.0. The summed E-state index contributed by atoms with van der Waals surface area (Å²) < 4.78 is 22.3. The number of halogens is 1. The van der Waals surface area contributed by atoms with Gasteiger partial charge in [0.1, 0.15) is 10.9 Å². The van der Waals surface area contributed by atoms with Crippen molar-refractivity contribution in [2.75, 3.05) is 25.6 Å². The third-order valence-electron chi connectivity index (χ3n) is 4.31. The average Bonchev–Trinajstić information content (AvgIpc) is 2.72. The molecule has 0 fully saturated rings. The first-order valence-corrected chi connectivity index (χ1v) is 11.9. The number of hydrogen-bond acceptors (Lipinski definition) is 4. The van der Waals surface area contributed by atoms with Gasteiger partial charge in [0.2, 0.25) is 0 Å². The van der Waals surface area contributed by atoms with Crippen LogP contribution in [-0.2, 0) is 37.9 Å². The number of hydrogen-bond donors (Lipinski definition) is 0. The van der Waals surface area contributed by atoms with Crippen LogP contribution in [0.5, 0.6) is 0 Å². The van der Waals surface area contributed by atoms with E-state index in [1.165, 1.54) is 11.1 Å². The van der Waals surface area contributed by atoms with Crippen molar-refractivity contribution in [2.45, 2.75) is 42.3 Å². The van der Waals surface area contributed by atoms with E-state index >= 15 is 0 Å². The van der Waals surface area contributed by atoms with Gasteiger partial charge < -0.3 is 9.47 Å². The molecule has 0 amide bonds. The highest BCUT2D eigenvalue weighted by molar-refractivity contribution is 9.10. The van der Waals surface area contributed by atoms with Crippen LogP contribution in [0.3, 0.4) is 0 Å². The molecule has 0 aliphatic heterocycles. The molecule has 6 heteroatoms. The summed E-state index contributed by atoms with van der Waals surface area (Å²) >= 11 is 3.27. The summed E-state index contributed by atoms with van der Waals surface area (Å²) in [6.45, 7) is 4.82. The molecule has 0 radical (unpaired) electrons. The fraction of sp³-hybridized carbons (Fsp3) is 0.435. The van der Waals surface area contributed by atoms with Crippen molar-refractivity contribution in [3.63, 3.8) is 0 Å². The zero-order chi connectivity index (χ0) is 21.1. The van der Waals surface area contributed by atoms with E-state index < -0.39 is 15.1 Å². The van der Waals surface area contributed by atoms with E-state index in [9.17, 15) is 9.00 Å². The van der Waals surface area contributed by atoms with Gasteiger partial charge in [0.05, 0.1) is 17.4 Å². The molecule has 2 aromatic carbocycles. The van der Waals surface area contributed by atoms with Crippen molar-refractivity contribution < 1.29 is 18.5 Å². The van der Waals surface area contributed by atoms with Gasteiger partial charge in [-0.1, -0.05) is 58.4 Å². The van der Waals surface area contributed by atoms with Crippen LogP contribution in [0.1, 0.15) is 31.4 Å². The van der Waals surface area contributed by atoms with Crippen LogP contribution in [0.4, 0.5) is 0 Å². The first-order chi connectivity index (χ1) is 13.9. The molecule has 0 aromatic heterocycles. The summed E-state index contributed by atoms with van der Waals surface area (Å²) in [5.41, 5.74) is 2.46. The van der Waals surface area contributed by atoms with Gasteiger partial charge in [0.25, 0.3) is 0 Å². The lowest BCUT2D eigenvalue weighted by molar-refractivity contribution is -0.146. The molecule has 158 valence electrons. The van der Waals surface area contributed by atoms with Crippen molar-refractivity contribution in [1.29, 1.82) is 0 Å². The third kappa shape index (κ3) is 9.24. The average molecular weight is 481 g/mol. The second-order valence-corrected chi connectivity index (χ2v) is 10.8. The molecule has 0 aliphatic rings. The maximum Gasteiger partial charge on any atom is 0.322 e. The molecule has 0 saturated carbocycles. The summed E-state index contributed by atoms with van der Waals surface area (Å²) in [7, 11) is -0.957. The summed E-state index contributed by atoms with van der Waals surface area (Å²) in [5.74, 6) is 0.349. The molecule has 29 heavy (non-hydrogen) atoms. The zero-order valence-corrected chi connectivity index (χ0v) is 19.5. The van der Waals surface area contributed by atoms with Gasteiger partial charge in [-0.05, 0) is 56.4 Å². The molecule has 2 rings (SSSR count). The molecule has 0 bridgehead atoms. The van der Waals surface area contributed by atoms with Crippen molar-refractivity contribution >= 4 is 32.7 Å². The first-order valence-electron chi connectivity index (χ1n) is 9.81. The Hall–Kier alpha value is -1.50. The molecule has 1 unspecified atom stereocenters. The van der Waals surface area contributed by atoms with Crippen LogP contribution in [0, 0.1) is 0 Å². The van der Waals surface area contributed by atoms with Gasteiger partial charge >= 0.3 is 5.97 Å². The standard InChI is InChI=1S/C23H29BrO4S/c1-23(2,24)22(25)28-17-16-27-15-6-7-19-10-12-20(13-11-19)14-18-29(26)21-8-4-3-5-9-21/h3-5,8-13H,6-7,14-18H2,1-2H3. The largest absolute Gasteiger partial charge is 0.462 e. The van der Waals surface area contributed by atoms with E-state index in [0.29, 0.717) is 19.0 Å². The Balaban J connectivity index is 1.59. The van der Waals surface area contributed by atoms with Gasteiger partial charge in [-0.15, -0.1) is 0 Å². The number of ether oxygens (including phenoxy) is 2. The molecule has 0 spiro atoms. The number of carbonyl (C=O) groups excluding carboxylic acids is 1. The molecule has 0 heterocycles. The quantitative estimate of drug-likeness (QED) is 0.251. The van der Waals surface area contributed by atoms with Gasteiger partial charge in [-0.25, -0.2) is 0 Å². The fourth-order valence-electron chi connectivity index (χ4n) is 2.62. The molecule has 2 aromatic rings. The number of benzene rings is 2. The van der Waals surface area contributed by atoms with Crippen LogP contribution in [0.15, 0.2) is 59.5 Å². The summed E-state index contributed by atoms with van der Waals surface area (Å²) in [6, 6.07) is 18.1. The van der Waals surface area contributed by atoms with Gasteiger partial charge in [0, 0.05) is 17.3 Å². The monoisotopic (exact) mass is 480 g/mol. The molecule has 4 nitrogen and oxygen atoms in total. The van der Waals surface area contributed by atoms with Gasteiger partial charge in [-0.2, -0.15) is 0 Å². The van der Waals surface area contributed by atoms with Gasteiger partial charge in [-0.3, -0.25) is 9.00 Å².